The molecule has 0 spiro atoms. The maximum Gasteiger partial charge on any atom is 0.338 e. The molecule has 4 saturated carbocycles. The van der Waals surface area contributed by atoms with Crippen LogP contribution in [-0.2, 0) is 4.74 Å². The molecule has 4 aliphatic rings. The van der Waals surface area contributed by atoms with Gasteiger partial charge in [0.05, 0.1) is 5.56 Å². The van der Waals surface area contributed by atoms with E-state index in [0.717, 1.165) is 30.7 Å². The molecule has 1 aromatic rings. The van der Waals surface area contributed by atoms with E-state index < -0.39 is 0 Å². The van der Waals surface area contributed by atoms with Gasteiger partial charge >= 0.3 is 5.97 Å². The second kappa shape index (κ2) is 8.82. The normalized spacial score (nSPS) is 34.1. The second-order valence-corrected chi connectivity index (χ2v) is 10.7. The highest BCUT2D eigenvalue weighted by molar-refractivity contribution is 5.89. The first kappa shape index (κ1) is 20.9. The topological polar surface area (TPSA) is 26.3 Å². The summed E-state index contributed by atoms with van der Waals surface area (Å²) in [5.41, 5.74) is 2.47. The first-order valence-electron chi connectivity index (χ1n) is 12.3. The zero-order valence-corrected chi connectivity index (χ0v) is 18.7. The number of hydrogen-bond donors (Lipinski definition) is 0. The third kappa shape index (κ3) is 4.89. The van der Waals surface area contributed by atoms with Crippen LogP contribution in [0.5, 0.6) is 0 Å². The first-order chi connectivity index (χ1) is 14.0. The molecule has 0 aliphatic heterocycles. The molecule has 0 atom stereocenters. The van der Waals surface area contributed by atoms with E-state index in [1.165, 1.54) is 76.2 Å². The molecule has 0 N–H and O–H groups in total. The summed E-state index contributed by atoms with van der Waals surface area (Å²) in [6.45, 7) is 4.69. The molecule has 0 heterocycles. The van der Waals surface area contributed by atoms with Gasteiger partial charge < -0.3 is 4.74 Å². The third-order valence-electron chi connectivity index (χ3n) is 8.54. The van der Waals surface area contributed by atoms with E-state index in [4.69, 9.17) is 4.74 Å². The minimum absolute atomic E-state index is 0.110. The van der Waals surface area contributed by atoms with Gasteiger partial charge in [-0.15, -0.1) is 0 Å². The van der Waals surface area contributed by atoms with Crippen molar-refractivity contribution >= 4 is 5.97 Å². The fraction of sp³-hybridized carbons (Fsp3) is 0.741. The van der Waals surface area contributed by atoms with E-state index >= 15 is 0 Å². The van der Waals surface area contributed by atoms with Crippen molar-refractivity contribution in [2.45, 2.75) is 115 Å². The molecule has 5 rings (SSSR count). The van der Waals surface area contributed by atoms with Crippen LogP contribution >= 0.6 is 0 Å². The molecule has 0 unspecified atom stereocenters. The van der Waals surface area contributed by atoms with Crippen molar-refractivity contribution in [3.8, 4) is 0 Å². The van der Waals surface area contributed by atoms with Crippen LogP contribution in [0, 0.1) is 11.3 Å². The number of esters is 1. The van der Waals surface area contributed by atoms with Crippen molar-refractivity contribution in [1.82, 2.24) is 0 Å². The summed E-state index contributed by atoms with van der Waals surface area (Å²) < 4.78 is 6.10. The van der Waals surface area contributed by atoms with E-state index in [0.29, 0.717) is 11.3 Å². The van der Waals surface area contributed by atoms with Gasteiger partial charge in [0.25, 0.3) is 0 Å². The monoisotopic (exact) mass is 396 g/mol. The highest BCUT2D eigenvalue weighted by Gasteiger charge is 2.48. The van der Waals surface area contributed by atoms with E-state index in [1.54, 1.807) is 0 Å². The molecule has 4 fully saturated rings. The maximum atomic E-state index is 12.8. The van der Waals surface area contributed by atoms with Gasteiger partial charge in [-0.05, 0) is 99.2 Å². The number of hydrogen-bond acceptors (Lipinski definition) is 2. The van der Waals surface area contributed by atoms with Crippen LogP contribution in [0.15, 0.2) is 24.3 Å². The van der Waals surface area contributed by atoms with Crippen LogP contribution in [0.4, 0.5) is 0 Å². The number of benzene rings is 1. The Morgan fingerprint density at radius 3 is 2.14 bits per heavy atom. The Balaban J connectivity index is 1.29. The molecule has 0 amide bonds. The quantitative estimate of drug-likeness (QED) is 0.347. The summed E-state index contributed by atoms with van der Waals surface area (Å²) in [4.78, 5) is 12.8. The molecule has 4 aliphatic carbocycles. The molecule has 2 heteroatoms. The molecular weight excluding hydrogens is 356 g/mol. The molecule has 0 radical (unpaired) electrons. The lowest BCUT2D eigenvalue weighted by atomic mass is 9.59. The number of unbranched alkanes of at least 4 members (excludes halogenated alkanes) is 2. The zero-order chi connectivity index (χ0) is 20.3. The minimum atomic E-state index is -0.177. The van der Waals surface area contributed by atoms with Crippen molar-refractivity contribution in [3.63, 3.8) is 0 Å². The van der Waals surface area contributed by atoms with Gasteiger partial charge in [0.1, 0.15) is 5.60 Å². The SMILES string of the molecule is CCCCCC1CCC(c2ccc(C(=O)OC34CCC(C)(CC3)CC4)cc2)CC1. The largest absolute Gasteiger partial charge is 0.455 e. The standard InChI is InChI=1S/C27H40O2/c1-3-4-5-6-21-7-9-22(10-8-21)23-11-13-24(14-12-23)25(28)29-27-18-15-26(2,16-19-27)17-20-27/h11-14,21-22H,3-10,15-20H2,1-2H3. The molecule has 1 aromatic carbocycles. The molecular formula is C27H40O2. The van der Waals surface area contributed by atoms with Crippen molar-refractivity contribution in [2.24, 2.45) is 11.3 Å². The Kier molecular flexibility index (Phi) is 6.37. The highest BCUT2D eigenvalue weighted by atomic mass is 16.6. The Morgan fingerprint density at radius 2 is 1.55 bits per heavy atom. The molecule has 2 nitrogen and oxygen atoms in total. The first-order valence-corrected chi connectivity index (χ1v) is 12.3. The predicted molar refractivity (Wildman–Crippen MR) is 119 cm³/mol. The lowest BCUT2D eigenvalue weighted by Gasteiger charge is -2.51. The predicted octanol–water partition coefficient (Wildman–Crippen LogP) is 7.81. The van der Waals surface area contributed by atoms with Gasteiger partial charge in [0.2, 0.25) is 0 Å². The Morgan fingerprint density at radius 1 is 0.931 bits per heavy atom. The van der Waals surface area contributed by atoms with Crippen LogP contribution in [0.25, 0.3) is 0 Å². The molecule has 29 heavy (non-hydrogen) atoms. The number of ether oxygens (including phenoxy) is 1. The summed E-state index contributed by atoms with van der Waals surface area (Å²) in [6, 6.07) is 8.40. The van der Waals surface area contributed by atoms with Gasteiger partial charge in [0.15, 0.2) is 0 Å². The van der Waals surface area contributed by atoms with Crippen molar-refractivity contribution in [3.05, 3.63) is 35.4 Å². The fourth-order valence-electron chi connectivity index (χ4n) is 6.11. The molecule has 0 aromatic heterocycles. The van der Waals surface area contributed by atoms with Crippen molar-refractivity contribution in [2.75, 3.05) is 0 Å². The summed E-state index contributed by atoms with van der Waals surface area (Å²) >= 11 is 0. The second-order valence-electron chi connectivity index (χ2n) is 10.7. The molecule has 0 saturated heterocycles. The third-order valence-corrected chi connectivity index (χ3v) is 8.54. The van der Waals surface area contributed by atoms with Gasteiger partial charge in [-0.2, -0.15) is 0 Å². The maximum absolute atomic E-state index is 12.8. The van der Waals surface area contributed by atoms with Crippen LogP contribution in [0.3, 0.4) is 0 Å². The van der Waals surface area contributed by atoms with E-state index in [-0.39, 0.29) is 11.6 Å². The number of fused-ring (bicyclic) bond motifs is 3. The Bertz CT molecular complexity index is 656. The Labute approximate surface area is 177 Å². The van der Waals surface area contributed by atoms with Gasteiger partial charge in [-0.3, -0.25) is 0 Å². The number of carbonyl (C=O) groups excluding carboxylic acids is 1. The van der Waals surface area contributed by atoms with E-state index in [1.807, 2.05) is 12.1 Å². The molecule has 2 bridgehead atoms. The number of rotatable bonds is 7. The van der Waals surface area contributed by atoms with Gasteiger partial charge in [0, 0.05) is 0 Å². The van der Waals surface area contributed by atoms with E-state index in [9.17, 15) is 4.79 Å². The van der Waals surface area contributed by atoms with Crippen molar-refractivity contribution < 1.29 is 9.53 Å². The van der Waals surface area contributed by atoms with Crippen LogP contribution in [0.1, 0.15) is 126 Å². The Hall–Kier alpha value is -1.31. The summed E-state index contributed by atoms with van der Waals surface area (Å²) in [5, 5.41) is 0. The summed E-state index contributed by atoms with van der Waals surface area (Å²) in [6.07, 6.45) is 17.7. The van der Waals surface area contributed by atoms with Gasteiger partial charge in [-0.25, -0.2) is 4.79 Å². The lowest BCUT2D eigenvalue weighted by molar-refractivity contribution is -0.0987. The summed E-state index contributed by atoms with van der Waals surface area (Å²) in [5.74, 6) is 1.51. The van der Waals surface area contributed by atoms with Crippen LogP contribution in [0.2, 0.25) is 0 Å². The number of carbonyl (C=O) groups is 1. The summed E-state index contributed by atoms with van der Waals surface area (Å²) in [7, 11) is 0. The van der Waals surface area contributed by atoms with Crippen molar-refractivity contribution in [1.29, 1.82) is 0 Å². The van der Waals surface area contributed by atoms with E-state index in [2.05, 4.69) is 26.0 Å². The zero-order valence-electron chi connectivity index (χ0n) is 18.7. The van der Waals surface area contributed by atoms with Crippen LogP contribution < -0.4 is 0 Å². The smallest absolute Gasteiger partial charge is 0.338 e. The van der Waals surface area contributed by atoms with Crippen LogP contribution in [-0.4, -0.2) is 11.6 Å². The highest BCUT2D eigenvalue weighted by Crippen LogP contribution is 2.53. The average molecular weight is 397 g/mol. The average Bonchev–Trinajstić information content (AvgIpc) is 2.76. The fourth-order valence-corrected chi connectivity index (χ4v) is 6.11. The van der Waals surface area contributed by atoms with Gasteiger partial charge in [-0.1, -0.05) is 51.7 Å². The minimum Gasteiger partial charge on any atom is -0.455 e. The molecule has 160 valence electrons. The lowest BCUT2D eigenvalue weighted by Crippen LogP contribution is -2.47.